The van der Waals surface area contributed by atoms with Crippen LogP contribution in [0.15, 0.2) is 18.2 Å². The Bertz CT molecular complexity index is 472. The molecule has 1 aliphatic heterocycles. The Morgan fingerprint density at radius 3 is 2.67 bits per heavy atom. The highest BCUT2D eigenvalue weighted by Gasteiger charge is 2.21. The van der Waals surface area contributed by atoms with Gasteiger partial charge in [-0.15, -0.1) is 0 Å². The van der Waals surface area contributed by atoms with Gasteiger partial charge in [-0.1, -0.05) is 32.0 Å². The van der Waals surface area contributed by atoms with E-state index in [9.17, 15) is 8.42 Å². The fourth-order valence-electron chi connectivity index (χ4n) is 1.81. The van der Waals surface area contributed by atoms with Crippen LogP contribution in [0, 0.1) is 6.42 Å². The molecule has 0 spiro atoms. The van der Waals surface area contributed by atoms with E-state index in [-0.39, 0.29) is 11.5 Å². The van der Waals surface area contributed by atoms with Crippen molar-refractivity contribution in [2.75, 3.05) is 5.75 Å². The van der Waals surface area contributed by atoms with E-state index in [2.05, 4.69) is 19.9 Å². The first kappa shape index (κ1) is 10.7. The maximum atomic E-state index is 11.4. The lowest BCUT2D eigenvalue weighted by atomic mass is 9.96. The van der Waals surface area contributed by atoms with Crippen LogP contribution in [-0.2, 0) is 15.6 Å². The molecule has 2 rings (SSSR count). The molecule has 1 aromatic carbocycles. The quantitative estimate of drug-likeness (QED) is 0.732. The third kappa shape index (κ3) is 2.23. The number of hydrogen-bond donors (Lipinski definition) is 0. The Morgan fingerprint density at radius 2 is 2.00 bits per heavy atom. The van der Waals surface area contributed by atoms with Gasteiger partial charge in [0.05, 0.1) is 11.5 Å². The molecular weight excluding hydrogens is 208 g/mol. The summed E-state index contributed by atoms with van der Waals surface area (Å²) in [4.78, 5) is 0. The fraction of sp³-hybridized carbons (Fsp3) is 0.417. The maximum absolute atomic E-state index is 11.4. The first-order valence-electron chi connectivity index (χ1n) is 5.14. The average molecular weight is 223 g/mol. The molecule has 0 N–H and O–H groups in total. The molecular formula is C12H15O2S. The van der Waals surface area contributed by atoms with Crippen LogP contribution in [0.4, 0.5) is 0 Å². The molecule has 0 amide bonds. The lowest BCUT2D eigenvalue weighted by Gasteiger charge is -2.17. The van der Waals surface area contributed by atoms with Crippen molar-refractivity contribution in [3.63, 3.8) is 0 Å². The largest absolute Gasteiger partial charge is 0.228 e. The van der Waals surface area contributed by atoms with Gasteiger partial charge in [0.1, 0.15) is 0 Å². The summed E-state index contributed by atoms with van der Waals surface area (Å²) in [7, 11) is -2.88. The zero-order chi connectivity index (χ0) is 11.1. The number of rotatable bonds is 1. The van der Waals surface area contributed by atoms with Crippen LogP contribution in [0.3, 0.4) is 0 Å². The molecule has 1 radical (unpaired) electrons. The van der Waals surface area contributed by atoms with Crippen LogP contribution >= 0.6 is 0 Å². The number of hydrogen-bond acceptors (Lipinski definition) is 2. The SMILES string of the molecule is CC(C)c1ccc2c(c1)[CH]CS(=O)(=O)C2. The van der Waals surface area contributed by atoms with Crippen molar-refractivity contribution in [2.24, 2.45) is 0 Å². The molecule has 15 heavy (non-hydrogen) atoms. The van der Waals surface area contributed by atoms with E-state index in [1.807, 2.05) is 18.6 Å². The van der Waals surface area contributed by atoms with Crippen LogP contribution in [0.2, 0.25) is 0 Å². The average Bonchev–Trinajstić information content (AvgIpc) is 2.15. The van der Waals surface area contributed by atoms with Crippen molar-refractivity contribution in [3.05, 3.63) is 41.3 Å². The Hall–Kier alpha value is -0.830. The Labute approximate surface area is 91.2 Å². The topological polar surface area (TPSA) is 34.1 Å². The van der Waals surface area contributed by atoms with Crippen LogP contribution in [0.5, 0.6) is 0 Å². The standard InChI is InChI=1S/C12H15O2S/c1-9(2)10-3-4-12-8-15(13,14)6-5-11(12)7-10/h3-5,7,9H,6,8H2,1-2H3. The molecule has 0 unspecified atom stereocenters. The summed E-state index contributed by atoms with van der Waals surface area (Å²) >= 11 is 0. The molecule has 0 aromatic heterocycles. The van der Waals surface area contributed by atoms with Crippen LogP contribution in [0.1, 0.15) is 36.5 Å². The van der Waals surface area contributed by atoms with E-state index in [0.717, 1.165) is 11.1 Å². The minimum atomic E-state index is -2.88. The van der Waals surface area contributed by atoms with Gasteiger partial charge in [0, 0.05) is 6.42 Å². The Balaban J connectivity index is 2.41. The van der Waals surface area contributed by atoms with Crippen molar-refractivity contribution >= 4 is 9.84 Å². The molecule has 0 saturated heterocycles. The van der Waals surface area contributed by atoms with Crippen molar-refractivity contribution < 1.29 is 8.42 Å². The van der Waals surface area contributed by atoms with Crippen molar-refractivity contribution in [3.8, 4) is 0 Å². The Morgan fingerprint density at radius 1 is 1.27 bits per heavy atom. The molecule has 0 aliphatic carbocycles. The van der Waals surface area contributed by atoms with Crippen molar-refractivity contribution in [2.45, 2.75) is 25.5 Å². The maximum Gasteiger partial charge on any atom is 0.155 e. The van der Waals surface area contributed by atoms with Gasteiger partial charge in [0.25, 0.3) is 0 Å². The molecule has 1 aromatic rings. The summed E-state index contributed by atoms with van der Waals surface area (Å²) in [5.41, 5.74) is 3.30. The summed E-state index contributed by atoms with van der Waals surface area (Å²) in [5.74, 6) is 0.862. The van der Waals surface area contributed by atoms with Gasteiger partial charge in [-0.2, -0.15) is 0 Å². The van der Waals surface area contributed by atoms with Gasteiger partial charge < -0.3 is 0 Å². The molecule has 0 bridgehead atoms. The molecule has 3 heteroatoms. The second kappa shape index (κ2) is 3.63. The van der Waals surface area contributed by atoms with Gasteiger partial charge in [0.2, 0.25) is 0 Å². The van der Waals surface area contributed by atoms with E-state index >= 15 is 0 Å². The first-order valence-corrected chi connectivity index (χ1v) is 6.96. The molecule has 0 atom stereocenters. The normalized spacial score (nSPS) is 18.9. The lowest BCUT2D eigenvalue weighted by molar-refractivity contribution is 0.596. The predicted molar refractivity (Wildman–Crippen MR) is 61.4 cm³/mol. The van der Waals surface area contributed by atoms with E-state index in [4.69, 9.17) is 0 Å². The van der Waals surface area contributed by atoms with Gasteiger partial charge >= 0.3 is 0 Å². The second-order valence-electron chi connectivity index (χ2n) is 4.37. The predicted octanol–water partition coefficient (Wildman–Crippen LogP) is 2.29. The molecule has 81 valence electrons. The van der Waals surface area contributed by atoms with Gasteiger partial charge in [-0.25, -0.2) is 8.42 Å². The lowest BCUT2D eigenvalue weighted by Crippen LogP contribution is -2.17. The third-order valence-electron chi connectivity index (χ3n) is 2.77. The highest BCUT2D eigenvalue weighted by atomic mass is 32.2. The summed E-state index contributed by atoms with van der Waals surface area (Å²) in [5, 5.41) is 0. The zero-order valence-corrected chi connectivity index (χ0v) is 9.84. The second-order valence-corrected chi connectivity index (χ2v) is 6.48. The van der Waals surface area contributed by atoms with E-state index in [1.54, 1.807) is 0 Å². The van der Waals surface area contributed by atoms with Gasteiger partial charge in [0.15, 0.2) is 9.84 Å². The minimum Gasteiger partial charge on any atom is -0.228 e. The highest BCUT2D eigenvalue weighted by molar-refractivity contribution is 7.90. The van der Waals surface area contributed by atoms with E-state index in [0.29, 0.717) is 5.92 Å². The van der Waals surface area contributed by atoms with Crippen molar-refractivity contribution in [1.29, 1.82) is 0 Å². The van der Waals surface area contributed by atoms with E-state index < -0.39 is 9.84 Å². The third-order valence-corrected chi connectivity index (χ3v) is 4.19. The van der Waals surface area contributed by atoms with Crippen LogP contribution in [0.25, 0.3) is 0 Å². The first-order chi connectivity index (χ1) is 6.98. The highest BCUT2D eigenvalue weighted by Crippen LogP contribution is 2.25. The van der Waals surface area contributed by atoms with E-state index in [1.165, 1.54) is 5.56 Å². The number of sulfone groups is 1. The van der Waals surface area contributed by atoms with Crippen LogP contribution in [-0.4, -0.2) is 14.2 Å². The monoisotopic (exact) mass is 223 g/mol. The number of fused-ring (bicyclic) bond motifs is 1. The minimum absolute atomic E-state index is 0.182. The molecule has 0 fully saturated rings. The van der Waals surface area contributed by atoms with Crippen LogP contribution < -0.4 is 0 Å². The Kier molecular flexibility index (Phi) is 2.59. The summed E-state index contributed by atoms with van der Waals surface area (Å²) in [6, 6.07) is 6.07. The summed E-state index contributed by atoms with van der Waals surface area (Å²) < 4.78 is 22.8. The van der Waals surface area contributed by atoms with Gasteiger partial charge in [-0.3, -0.25) is 0 Å². The van der Waals surface area contributed by atoms with Gasteiger partial charge in [-0.05, 0) is 22.6 Å². The zero-order valence-electron chi connectivity index (χ0n) is 9.03. The smallest absolute Gasteiger partial charge is 0.155 e. The fourth-order valence-corrected chi connectivity index (χ4v) is 3.09. The summed E-state index contributed by atoms with van der Waals surface area (Å²) in [6.45, 7) is 4.28. The van der Waals surface area contributed by atoms with Crippen molar-refractivity contribution in [1.82, 2.24) is 0 Å². The number of benzene rings is 1. The molecule has 1 heterocycles. The molecule has 2 nitrogen and oxygen atoms in total. The summed E-state index contributed by atoms with van der Waals surface area (Å²) in [6.07, 6.45) is 1.82. The molecule has 0 saturated carbocycles. The molecule has 1 aliphatic rings.